The summed E-state index contributed by atoms with van der Waals surface area (Å²) in [5, 5.41) is 0. The summed E-state index contributed by atoms with van der Waals surface area (Å²) in [7, 11) is 0. The standard InChI is InChI=1S/C18H34O/c1-3-5-7-9-10-11-12-14-16-18(17-19)15-13-8-6-4-2/h14,16-18H,3-13,15H2,1-2H3/b16-14+/t18-/m1/s1. The van der Waals surface area contributed by atoms with Gasteiger partial charge in [-0.1, -0.05) is 83.8 Å². The van der Waals surface area contributed by atoms with E-state index in [2.05, 4.69) is 26.0 Å². The molecule has 0 saturated carbocycles. The summed E-state index contributed by atoms with van der Waals surface area (Å²) in [4.78, 5) is 11.0. The van der Waals surface area contributed by atoms with E-state index in [0.29, 0.717) is 0 Å². The van der Waals surface area contributed by atoms with Gasteiger partial charge in [0, 0.05) is 5.92 Å². The molecule has 19 heavy (non-hydrogen) atoms. The number of rotatable bonds is 14. The maximum atomic E-state index is 11.0. The van der Waals surface area contributed by atoms with Gasteiger partial charge in [-0.25, -0.2) is 0 Å². The van der Waals surface area contributed by atoms with Gasteiger partial charge >= 0.3 is 0 Å². The molecule has 0 radical (unpaired) electrons. The maximum Gasteiger partial charge on any atom is 0.126 e. The zero-order valence-electron chi connectivity index (χ0n) is 13.2. The third kappa shape index (κ3) is 13.6. The number of allylic oxidation sites excluding steroid dienone is 2. The molecular weight excluding hydrogens is 232 g/mol. The van der Waals surface area contributed by atoms with Crippen molar-refractivity contribution in [3.63, 3.8) is 0 Å². The lowest BCUT2D eigenvalue weighted by Gasteiger charge is -2.04. The van der Waals surface area contributed by atoms with E-state index in [4.69, 9.17) is 0 Å². The quantitative estimate of drug-likeness (QED) is 0.211. The van der Waals surface area contributed by atoms with Crippen LogP contribution in [0.5, 0.6) is 0 Å². The second-order valence-electron chi connectivity index (χ2n) is 5.63. The average molecular weight is 266 g/mol. The van der Waals surface area contributed by atoms with Gasteiger partial charge in [-0.05, 0) is 19.3 Å². The fourth-order valence-electron chi connectivity index (χ4n) is 2.33. The number of carbonyl (C=O) groups excluding carboxylic acids is 1. The number of hydrogen-bond donors (Lipinski definition) is 0. The van der Waals surface area contributed by atoms with Crippen LogP contribution in [0, 0.1) is 5.92 Å². The summed E-state index contributed by atoms with van der Waals surface area (Å²) in [6.07, 6.45) is 20.7. The molecule has 0 aromatic rings. The lowest BCUT2D eigenvalue weighted by molar-refractivity contribution is -0.110. The van der Waals surface area contributed by atoms with Crippen molar-refractivity contribution in [1.82, 2.24) is 0 Å². The average Bonchev–Trinajstić information content (AvgIpc) is 2.44. The predicted octanol–water partition coefficient (Wildman–Crippen LogP) is 6.08. The number of carbonyl (C=O) groups is 1. The molecule has 0 saturated heterocycles. The molecule has 0 aliphatic rings. The highest BCUT2D eigenvalue weighted by molar-refractivity contribution is 5.56. The maximum absolute atomic E-state index is 11.0. The van der Waals surface area contributed by atoms with Crippen LogP contribution < -0.4 is 0 Å². The molecule has 0 aromatic carbocycles. The van der Waals surface area contributed by atoms with E-state index in [1.165, 1.54) is 64.2 Å². The molecule has 0 spiro atoms. The van der Waals surface area contributed by atoms with E-state index >= 15 is 0 Å². The summed E-state index contributed by atoms with van der Waals surface area (Å²) >= 11 is 0. The highest BCUT2D eigenvalue weighted by Crippen LogP contribution is 2.12. The second kappa shape index (κ2) is 15.5. The van der Waals surface area contributed by atoms with Crippen molar-refractivity contribution in [2.75, 3.05) is 0 Å². The Morgan fingerprint density at radius 3 is 2.00 bits per heavy atom. The van der Waals surface area contributed by atoms with Crippen molar-refractivity contribution >= 4 is 6.29 Å². The topological polar surface area (TPSA) is 17.1 Å². The minimum Gasteiger partial charge on any atom is -0.303 e. The summed E-state index contributed by atoms with van der Waals surface area (Å²) in [5.41, 5.74) is 0. The molecule has 0 aliphatic heterocycles. The van der Waals surface area contributed by atoms with Crippen LogP contribution in [0.3, 0.4) is 0 Å². The molecule has 1 atom stereocenters. The van der Waals surface area contributed by atoms with Crippen molar-refractivity contribution < 1.29 is 4.79 Å². The van der Waals surface area contributed by atoms with Crippen molar-refractivity contribution in [2.45, 2.75) is 90.9 Å². The Morgan fingerprint density at radius 1 is 0.789 bits per heavy atom. The first-order chi connectivity index (χ1) is 9.35. The highest BCUT2D eigenvalue weighted by atomic mass is 16.1. The molecule has 0 amide bonds. The predicted molar refractivity (Wildman–Crippen MR) is 85.4 cm³/mol. The van der Waals surface area contributed by atoms with E-state index in [-0.39, 0.29) is 5.92 Å². The van der Waals surface area contributed by atoms with Gasteiger partial charge in [0.05, 0.1) is 0 Å². The SMILES string of the molecule is CCCCCCCC/C=C/[C@H](C=O)CCCCCC. The molecule has 0 bridgehead atoms. The normalized spacial score (nSPS) is 12.9. The molecule has 112 valence electrons. The largest absolute Gasteiger partial charge is 0.303 e. The van der Waals surface area contributed by atoms with Gasteiger partial charge in [-0.2, -0.15) is 0 Å². The molecule has 0 rings (SSSR count). The van der Waals surface area contributed by atoms with E-state index in [0.717, 1.165) is 19.1 Å². The molecule has 0 N–H and O–H groups in total. The molecular formula is C18H34O. The Kier molecular flexibility index (Phi) is 15.0. The molecule has 1 nitrogen and oxygen atoms in total. The summed E-state index contributed by atoms with van der Waals surface area (Å²) < 4.78 is 0. The van der Waals surface area contributed by atoms with E-state index in [1.54, 1.807) is 0 Å². The third-order valence-electron chi connectivity index (χ3n) is 3.67. The minimum absolute atomic E-state index is 0.164. The van der Waals surface area contributed by atoms with Gasteiger partial charge < -0.3 is 4.79 Å². The monoisotopic (exact) mass is 266 g/mol. The van der Waals surface area contributed by atoms with Crippen LogP contribution in [0.25, 0.3) is 0 Å². The molecule has 0 aliphatic carbocycles. The van der Waals surface area contributed by atoms with Gasteiger partial charge in [0.1, 0.15) is 6.29 Å². The molecule has 0 heterocycles. The highest BCUT2D eigenvalue weighted by Gasteiger charge is 2.01. The third-order valence-corrected chi connectivity index (χ3v) is 3.67. The fourth-order valence-corrected chi connectivity index (χ4v) is 2.33. The van der Waals surface area contributed by atoms with Gasteiger partial charge in [0.2, 0.25) is 0 Å². The lowest BCUT2D eigenvalue weighted by Crippen LogP contribution is -1.97. The summed E-state index contributed by atoms with van der Waals surface area (Å²) in [6, 6.07) is 0. The van der Waals surface area contributed by atoms with Gasteiger partial charge in [-0.3, -0.25) is 0 Å². The Balaban J connectivity index is 3.45. The first kappa shape index (κ1) is 18.4. The smallest absolute Gasteiger partial charge is 0.126 e. The molecule has 0 unspecified atom stereocenters. The van der Waals surface area contributed by atoms with Crippen molar-refractivity contribution in [1.29, 1.82) is 0 Å². The van der Waals surface area contributed by atoms with Gasteiger partial charge in [0.15, 0.2) is 0 Å². The lowest BCUT2D eigenvalue weighted by atomic mass is 10.0. The van der Waals surface area contributed by atoms with E-state index in [1.807, 2.05) is 0 Å². The molecule has 1 heteroatoms. The van der Waals surface area contributed by atoms with Crippen LogP contribution in [-0.2, 0) is 4.79 Å². The first-order valence-electron chi connectivity index (χ1n) is 8.47. The first-order valence-corrected chi connectivity index (χ1v) is 8.47. The van der Waals surface area contributed by atoms with E-state index < -0.39 is 0 Å². The Bertz CT molecular complexity index is 208. The van der Waals surface area contributed by atoms with Gasteiger partial charge in [-0.15, -0.1) is 0 Å². The van der Waals surface area contributed by atoms with Crippen LogP contribution in [0.2, 0.25) is 0 Å². The number of aldehydes is 1. The second-order valence-corrected chi connectivity index (χ2v) is 5.63. The zero-order chi connectivity index (χ0) is 14.2. The fraction of sp³-hybridized carbons (Fsp3) is 0.833. The zero-order valence-corrected chi connectivity index (χ0v) is 13.2. The van der Waals surface area contributed by atoms with Crippen LogP contribution in [-0.4, -0.2) is 6.29 Å². The Labute approximate surface area is 120 Å². The minimum atomic E-state index is 0.164. The van der Waals surface area contributed by atoms with Crippen LogP contribution >= 0.6 is 0 Å². The van der Waals surface area contributed by atoms with Crippen LogP contribution in [0.15, 0.2) is 12.2 Å². The van der Waals surface area contributed by atoms with Gasteiger partial charge in [0.25, 0.3) is 0 Å². The Morgan fingerprint density at radius 2 is 1.37 bits per heavy atom. The summed E-state index contributed by atoms with van der Waals surface area (Å²) in [6.45, 7) is 4.47. The summed E-state index contributed by atoms with van der Waals surface area (Å²) in [5.74, 6) is 0.164. The van der Waals surface area contributed by atoms with Crippen LogP contribution in [0.4, 0.5) is 0 Å². The van der Waals surface area contributed by atoms with E-state index in [9.17, 15) is 4.79 Å². The molecule has 0 fully saturated rings. The number of hydrogen-bond acceptors (Lipinski definition) is 1. The molecule has 0 aromatic heterocycles. The van der Waals surface area contributed by atoms with Crippen LogP contribution in [0.1, 0.15) is 90.9 Å². The number of unbranched alkanes of at least 4 members (excludes halogenated alkanes) is 9. The Hall–Kier alpha value is -0.590. The van der Waals surface area contributed by atoms with Crippen molar-refractivity contribution in [3.8, 4) is 0 Å². The van der Waals surface area contributed by atoms with Crippen molar-refractivity contribution in [2.24, 2.45) is 5.92 Å². The van der Waals surface area contributed by atoms with Crippen molar-refractivity contribution in [3.05, 3.63) is 12.2 Å².